The molecule has 0 aromatic heterocycles. The summed E-state index contributed by atoms with van der Waals surface area (Å²) in [6.45, 7) is 19.1. The number of aliphatic hydroxyl groups is 1. The molecule has 1 saturated carbocycles. The van der Waals surface area contributed by atoms with E-state index in [1.807, 2.05) is 61.6 Å². The number of allylic oxidation sites excluding steroid dienone is 22. The number of methoxy groups -OCH3 is 1. The number of carbonyl (C=O) groups is 1. The van der Waals surface area contributed by atoms with Crippen molar-refractivity contribution in [2.45, 2.75) is 99.7 Å². The van der Waals surface area contributed by atoms with Crippen molar-refractivity contribution in [2.75, 3.05) is 7.11 Å². The maximum Gasteiger partial charge on any atom is 0.150 e. The second kappa shape index (κ2) is 19.9. The Hall–Kier alpha value is -3.27. The van der Waals surface area contributed by atoms with Gasteiger partial charge >= 0.3 is 0 Å². The Morgan fingerprint density at radius 1 is 0.841 bits per heavy atom. The van der Waals surface area contributed by atoms with Gasteiger partial charge in [0.15, 0.2) is 0 Å². The molecule has 0 radical (unpaired) electrons. The number of hydrogen-bond acceptors (Lipinski definition) is 3. The predicted molar refractivity (Wildman–Crippen MR) is 191 cm³/mol. The van der Waals surface area contributed by atoms with Crippen molar-refractivity contribution in [1.82, 2.24) is 0 Å². The third kappa shape index (κ3) is 16.5. The van der Waals surface area contributed by atoms with Gasteiger partial charge in [-0.3, -0.25) is 4.79 Å². The van der Waals surface area contributed by atoms with Crippen molar-refractivity contribution >= 4 is 6.29 Å². The van der Waals surface area contributed by atoms with E-state index < -0.39 is 0 Å². The molecule has 1 rings (SSSR count). The van der Waals surface area contributed by atoms with Crippen LogP contribution in [0.4, 0.5) is 0 Å². The van der Waals surface area contributed by atoms with Gasteiger partial charge in [0.1, 0.15) is 6.29 Å². The molecule has 0 aromatic carbocycles. The molecular formula is C41H58O3. The largest absolute Gasteiger partial charge is 0.393 e. The van der Waals surface area contributed by atoms with Crippen molar-refractivity contribution < 1.29 is 14.6 Å². The van der Waals surface area contributed by atoms with E-state index in [0.717, 1.165) is 48.7 Å². The van der Waals surface area contributed by atoms with Crippen LogP contribution in [0.5, 0.6) is 0 Å². The number of rotatable bonds is 15. The number of hydrogen-bond donors (Lipinski definition) is 1. The van der Waals surface area contributed by atoms with Gasteiger partial charge in [-0.25, -0.2) is 0 Å². The van der Waals surface area contributed by atoms with E-state index in [2.05, 4.69) is 97.9 Å². The summed E-state index contributed by atoms with van der Waals surface area (Å²) >= 11 is 0. The monoisotopic (exact) mass is 598 g/mol. The minimum atomic E-state index is -0.199. The van der Waals surface area contributed by atoms with E-state index in [1.54, 1.807) is 7.11 Å². The van der Waals surface area contributed by atoms with Crippen LogP contribution in [0.25, 0.3) is 0 Å². The molecule has 0 spiro atoms. The Bertz CT molecular complexity index is 1260. The molecule has 1 aliphatic carbocycles. The van der Waals surface area contributed by atoms with Crippen LogP contribution in [-0.2, 0) is 9.53 Å². The van der Waals surface area contributed by atoms with E-state index in [0.29, 0.717) is 11.5 Å². The first-order valence-corrected chi connectivity index (χ1v) is 15.9. The van der Waals surface area contributed by atoms with Crippen molar-refractivity contribution in [2.24, 2.45) is 11.3 Å². The lowest BCUT2D eigenvalue weighted by atomic mass is 9.67. The smallest absolute Gasteiger partial charge is 0.150 e. The van der Waals surface area contributed by atoms with Gasteiger partial charge < -0.3 is 9.84 Å². The molecule has 2 atom stereocenters. The lowest BCUT2D eigenvalue weighted by Crippen LogP contribution is -2.33. The van der Waals surface area contributed by atoms with E-state index in [9.17, 15) is 9.90 Å². The number of aliphatic hydroxyl groups excluding tert-OH is 1. The third-order valence-corrected chi connectivity index (χ3v) is 7.95. The zero-order valence-corrected chi connectivity index (χ0v) is 29.1. The van der Waals surface area contributed by atoms with Gasteiger partial charge in [-0.1, -0.05) is 146 Å². The number of aldehydes is 1. The summed E-state index contributed by atoms with van der Waals surface area (Å²) in [6, 6.07) is 0. The fourth-order valence-electron chi connectivity index (χ4n) is 5.11. The zero-order chi connectivity index (χ0) is 33.2. The minimum absolute atomic E-state index is 0.0305. The molecule has 240 valence electrons. The Labute approximate surface area is 269 Å². The fraction of sp³-hybridized carbons (Fsp3) is 0.439. The van der Waals surface area contributed by atoms with Crippen molar-refractivity contribution in [1.29, 1.82) is 0 Å². The molecular weight excluding hydrogens is 540 g/mol. The topological polar surface area (TPSA) is 46.5 Å². The SMILES string of the molecule is COC(C)(C)CC/C=C(C)/C=C/C=C(C=O)/C=C/C=C(C)/C=C/C=C/C(C)=C/C=C/C(C)=C/C=C1\C(C)C[C@@H](O)CC1(C)C. The van der Waals surface area contributed by atoms with Gasteiger partial charge in [-0.15, -0.1) is 0 Å². The summed E-state index contributed by atoms with van der Waals surface area (Å²) in [4.78, 5) is 11.5. The highest BCUT2D eigenvalue weighted by molar-refractivity contribution is 5.78. The van der Waals surface area contributed by atoms with Crippen LogP contribution in [0.15, 0.2) is 131 Å². The van der Waals surface area contributed by atoms with Crippen LogP contribution in [0, 0.1) is 11.3 Å². The Balaban J connectivity index is 2.64. The summed E-state index contributed by atoms with van der Waals surface area (Å²) < 4.78 is 5.46. The van der Waals surface area contributed by atoms with Crippen LogP contribution in [0.3, 0.4) is 0 Å². The van der Waals surface area contributed by atoms with Crippen LogP contribution < -0.4 is 0 Å². The number of carbonyl (C=O) groups excluding carboxylic acids is 1. The molecule has 0 bridgehead atoms. The molecule has 3 nitrogen and oxygen atoms in total. The van der Waals surface area contributed by atoms with Gasteiger partial charge in [0.25, 0.3) is 0 Å². The van der Waals surface area contributed by atoms with Gasteiger partial charge in [0.05, 0.1) is 11.7 Å². The first-order chi connectivity index (χ1) is 20.7. The summed E-state index contributed by atoms with van der Waals surface area (Å²) in [5, 5.41) is 10.1. The van der Waals surface area contributed by atoms with Crippen LogP contribution in [-0.4, -0.2) is 30.2 Å². The lowest BCUT2D eigenvalue weighted by molar-refractivity contribution is -0.104. The molecule has 1 unspecified atom stereocenters. The maximum absolute atomic E-state index is 11.5. The average molecular weight is 599 g/mol. The Morgan fingerprint density at radius 2 is 1.36 bits per heavy atom. The molecule has 0 heterocycles. The van der Waals surface area contributed by atoms with E-state index in [4.69, 9.17) is 4.74 Å². The molecule has 3 heteroatoms. The molecule has 44 heavy (non-hydrogen) atoms. The normalized spacial score (nSPS) is 22.6. The molecule has 0 saturated heterocycles. The number of ether oxygens (including phenoxy) is 1. The van der Waals surface area contributed by atoms with Crippen LogP contribution in [0.2, 0.25) is 0 Å². The minimum Gasteiger partial charge on any atom is -0.393 e. The Morgan fingerprint density at radius 3 is 1.93 bits per heavy atom. The van der Waals surface area contributed by atoms with Crippen LogP contribution in [0.1, 0.15) is 88.0 Å². The first-order valence-electron chi connectivity index (χ1n) is 15.9. The molecule has 0 aliphatic heterocycles. The average Bonchev–Trinajstić information content (AvgIpc) is 2.93. The zero-order valence-electron chi connectivity index (χ0n) is 29.1. The van der Waals surface area contributed by atoms with E-state index in [-0.39, 0.29) is 17.1 Å². The Kier molecular flexibility index (Phi) is 17.5. The predicted octanol–water partition coefficient (Wildman–Crippen LogP) is 10.6. The highest BCUT2D eigenvalue weighted by atomic mass is 16.5. The molecule has 1 aliphatic rings. The maximum atomic E-state index is 11.5. The summed E-state index contributed by atoms with van der Waals surface area (Å²) in [6.07, 6.45) is 36.8. The third-order valence-electron chi connectivity index (χ3n) is 7.95. The van der Waals surface area contributed by atoms with Gasteiger partial charge in [0.2, 0.25) is 0 Å². The second-order valence-electron chi connectivity index (χ2n) is 13.3. The van der Waals surface area contributed by atoms with E-state index >= 15 is 0 Å². The van der Waals surface area contributed by atoms with Crippen LogP contribution >= 0.6 is 0 Å². The van der Waals surface area contributed by atoms with Crippen molar-refractivity contribution in [3.05, 3.63) is 131 Å². The second-order valence-corrected chi connectivity index (χ2v) is 13.3. The van der Waals surface area contributed by atoms with Gasteiger partial charge in [-0.2, -0.15) is 0 Å². The lowest BCUT2D eigenvalue weighted by Gasteiger charge is -2.40. The quantitative estimate of drug-likeness (QED) is 0.116. The highest BCUT2D eigenvalue weighted by Gasteiger charge is 2.35. The standard InChI is InChI=1S/C41H58O3/c1-32(19-13-20-35(4)26-27-39-36(5)29-38(43)30-40(39,6)7)17-11-12-18-33(2)21-14-24-37(31-42)25-15-22-34(3)23-16-28-41(8,9)44-10/h11-15,17-27,31,36,38,43H,16,28-30H2,1-10H3/b17-11+,18-12+,20-13+,22-15+,24-14+,32-19+,33-21+,34-23+,35-26+,37-25-,39-27+/t36?,38-/m1/s1. The van der Waals surface area contributed by atoms with Gasteiger partial charge in [-0.05, 0) is 78.6 Å². The first kappa shape index (κ1) is 38.8. The highest BCUT2D eigenvalue weighted by Crippen LogP contribution is 2.43. The summed E-state index contributed by atoms with van der Waals surface area (Å²) in [5.74, 6) is 0.400. The molecule has 0 amide bonds. The van der Waals surface area contributed by atoms with Crippen molar-refractivity contribution in [3.63, 3.8) is 0 Å². The summed E-state index contributed by atoms with van der Waals surface area (Å²) in [7, 11) is 1.74. The van der Waals surface area contributed by atoms with Gasteiger partial charge in [0, 0.05) is 12.7 Å². The molecule has 1 fully saturated rings. The molecule has 0 aromatic rings. The fourth-order valence-corrected chi connectivity index (χ4v) is 5.11. The van der Waals surface area contributed by atoms with E-state index in [1.165, 1.54) is 11.1 Å². The summed E-state index contributed by atoms with van der Waals surface area (Å²) in [5.41, 5.74) is 6.55. The van der Waals surface area contributed by atoms with Crippen molar-refractivity contribution in [3.8, 4) is 0 Å². The molecule has 1 N–H and O–H groups in total.